The largest absolute Gasteiger partial charge is 0.481 e. The fraction of sp³-hybridized carbons (Fsp3) is 0.500. The Balaban J connectivity index is 2.54. The van der Waals surface area contributed by atoms with E-state index in [1.54, 1.807) is 5.38 Å². The van der Waals surface area contributed by atoms with Gasteiger partial charge in [-0.3, -0.25) is 19.8 Å². The summed E-state index contributed by atoms with van der Waals surface area (Å²) in [6.45, 7) is 3.66. The quantitative estimate of drug-likeness (QED) is 0.597. The maximum Gasteiger partial charge on any atom is 0.324 e. The van der Waals surface area contributed by atoms with Crippen LogP contribution in [0.15, 0.2) is 11.4 Å². The van der Waals surface area contributed by atoms with Crippen molar-refractivity contribution in [1.29, 1.82) is 0 Å². The number of rotatable bonds is 7. The second kappa shape index (κ2) is 6.31. The molecule has 1 aromatic rings. The second-order valence-electron chi connectivity index (χ2n) is 3.56. The van der Waals surface area contributed by atoms with Crippen molar-refractivity contribution in [3.63, 3.8) is 0 Å². The van der Waals surface area contributed by atoms with Crippen LogP contribution in [0, 0.1) is 10.1 Å². The van der Waals surface area contributed by atoms with Crippen molar-refractivity contribution in [2.45, 2.75) is 19.9 Å². The molecule has 0 spiro atoms. The molecular formula is C10H14N2O4S. The fourth-order valence-corrected chi connectivity index (χ4v) is 2.12. The van der Waals surface area contributed by atoms with E-state index in [1.807, 2.05) is 11.8 Å². The molecule has 0 saturated heterocycles. The maximum atomic E-state index is 10.5. The molecule has 0 aliphatic heterocycles. The molecule has 0 amide bonds. The van der Waals surface area contributed by atoms with Crippen LogP contribution in [-0.2, 0) is 11.3 Å². The zero-order valence-electron chi connectivity index (χ0n) is 9.46. The lowest BCUT2D eigenvalue weighted by atomic mass is 10.3. The first kappa shape index (κ1) is 13.6. The molecule has 1 aromatic heterocycles. The highest BCUT2D eigenvalue weighted by atomic mass is 32.1. The van der Waals surface area contributed by atoms with Gasteiger partial charge in [-0.15, -0.1) is 0 Å². The normalized spacial score (nSPS) is 10.7. The van der Waals surface area contributed by atoms with E-state index in [2.05, 4.69) is 0 Å². The van der Waals surface area contributed by atoms with Gasteiger partial charge in [0.05, 0.1) is 11.3 Å². The predicted molar refractivity (Wildman–Crippen MR) is 64.2 cm³/mol. The third-order valence-corrected chi connectivity index (χ3v) is 3.24. The third-order valence-electron chi connectivity index (χ3n) is 2.32. The SMILES string of the molecule is CCN(CCC(=O)O)Cc1csc([N+](=O)[O-])c1. The van der Waals surface area contributed by atoms with Crippen molar-refractivity contribution in [3.8, 4) is 0 Å². The van der Waals surface area contributed by atoms with Crippen molar-refractivity contribution in [2.75, 3.05) is 13.1 Å². The molecular weight excluding hydrogens is 244 g/mol. The summed E-state index contributed by atoms with van der Waals surface area (Å²) in [6.07, 6.45) is 0.0834. The minimum atomic E-state index is -0.834. The number of carbonyl (C=O) groups is 1. The lowest BCUT2D eigenvalue weighted by Gasteiger charge is -2.18. The summed E-state index contributed by atoms with van der Waals surface area (Å²) < 4.78 is 0. The summed E-state index contributed by atoms with van der Waals surface area (Å²) in [6, 6.07) is 1.54. The zero-order chi connectivity index (χ0) is 12.8. The highest BCUT2D eigenvalue weighted by Crippen LogP contribution is 2.23. The number of hydrogen-bond acceptors (Lipinski definition) is 5. The number of thiophene rings is 1. The third kappa shape index (κ3) is 4.49. The van der Waals surface area contributed by atoms with Gasteiger partial charge in [-0.2, -0.15) is 0 Å². The lowest BCUT2D eigenvalue weighted by Crippen LogP contribution is -2.25. The van der Waals surface area contributed by atoms with Crippen molar-refractivity contribution < 1.29 is 14.8 Å². The maximum absolute atomic E-state index is 10.5. The number of carboxylic acids is 1. The van der Waals surface area contributed by atoms with E-state index in [0.717, 1.165) is 23.4 Å². The molecule has 0 aromatic carbocycles. The van der Waals surface area contributed by atoms with Gasteiger partial charge < -0.3 is 5.11 Å². The predicted octanol–water partition coefficient (Wildman–Crippen LogP) is 1.95. The van der Waals surface area contributed by atoms with Gasteiger partial charge in [0.2, 0.25) is 0 Å². The van der Waals surface area contributed by atoms with Crippen LogP contribution < -0.4 is 0 Å². The van der Waals surface area contributed by atoms with Gasteiger partial charge in [0.25, 0.3) is 0 Å². The van der Waals surface area contributed by atoms with Crippen LogP contribution in [0.3, 0.4) is 0 Å². The van der Waals surface area contributed by atoms with E-state index in [9.17, 15) is 14.9 Å². The van der Waals surface area contributed by atoms with Crippen LogP contribution in [0.5, 0.6) is 0 Å². The zero-order valence-corrected chi connectivity index (χ0v) is 10.3. The van der Waals surface area contributed by atoms with Crippen LogP contribution >= 0.6 is 11.3 Å². The monoisotopic (exact) mass is 258 g/mol. The molecule has 0 unspecified atom stereocenters. The van der Waals surface area contributed by atoms with E-state index in [1.165, 1.54) is 6.07 Å². The van der Waals surface area contributed by atoms with Crippen LogP contribution in [0.25, 0.3) is 0 Å². The van der Waals surface area contributed by atoms with Crippen molar-refractivity contribution >= 4 is 22.3 Å². The van der Waals surface area contributed by atoms with E-state index in [0.29, 0.717) is 13.1 Å². The van der Waals surface area contributed by atoms with E-state index < -0.39 is 10.9 Å². The molecule has 17 heavy (non-hydrogen) atoms. The molecule has 94 valence electrons. The van der Waals surface area contributed by atoms with Crippen molar-refractivity contribution in [1.82, 2.24) is 4.90 Å². The summed E-state index contributed by atoms with van der Waals surface area (Å²) in [5, 5.41) is 21.0. The summed E-state index contributed by atoms with van der Waals surface area (Å²) in [5.41, 5.74) is 0.855. The van der Waals surface area contributed by atoms with Gasteiger partial charge in [-0.25, -0.2) is 0 Å². The minimum Gasteiger partial charge on any atom is -0.481 e. The second-order valence-corrected chi connectivity index (χ2v) is 4.45. The van der Waals surface area contributed by atoms with E-state index in [4.69, 9.17) is 5.11 Å². The van der Waals surface area contributed by atoms with Gasteiger partial charge in [0.1, 0.15) is 0 Å². The number of nitro groups is 1. The van der Waals surface area contributed by atoms with E-state index in [-0.39, 0.29) is 11.4 Å². The standard InChI is InChI=1S/C10H14N2O4S/c1-2-11(4-3-10(13)14)6-8-5-9(12(15)16)17-7-8/h5,7H,2-4,6H2,1H3,(H,13,14). The highest BCUT2D eigenvalue weighted by molar-refractivity contribution is 7.13. The number of nitrogens with zero attached hydrogens (tertiary/aromatic N) is 2. The fourth-order valence-electron chi connectivity index (χ4n) is 1.40. The highest BCUT2D eigenvalue weighted by Gasteiger charge is 2.12. The Hall–Kier alpha value is -1.47. The Bertz CT molecular complexity index is 405. The summed E-state index contributed by atoms with van der Waals surface area (Å²) >= 11 is 1.09. The molecule has 0 radical (unpaired) electrons. The Morgan fingerprint density at radius 3 is 2.82 bits per heavy atom. The van der Waals surface area contributed by atoms with Crippen LogP contribution in [0.4, 0.5) is 5.00 Å². The molecule has 0 bridgehead atoms. The Labute approximate surface area is 103 Å². The van der Waals surface area contributed by atoms with Crippen LogP contribution in [0.1, 0.15) is 18.9 Å². The van der Waals surface area contributed by atoms with Crippen LogP contribution in [0.2, 0.25) is 0 Å². The molecule has 0 aliphatic carbocycles. The Kier molecular flexibility index (Phi) is 5.05. The topological polar surface area (TPSA) is 83.7 Å². The van der Waals surface area contributed by atoms with Gasteiger partial charge >= 0.3 is 11.0 Å². The van der Waals surface area contributed by atoms with Crippen LogP contribution in [-0.4, -0.2) is 34.0 Å². The molecule has 7 heteroatoms. The Morgan fingerprint density at radius 1 is 1.65 bits per heavy atom. The Morgan fingerprint density at radius 2 is 2.35 bits per heavy atom. The smallest absolute Gasteiger partial charge is 0.324 e. The summed E-state index contributed by atoms with van der Waals surface area (Å²) in [5.74, 6) is -0.834. The van der Waals surface area contributed by atoms with Gasteiger partial charge in [-0.05, 0) is 12.1 Å². The molecule has 1 heterocycles. The molecule has 0 saturated carbocycles. The molecule has 0 atom stereocenters. The van der Waals surface area contributed by atoms with E-state index >= 15 is 0 Å². The lowest BCUT2D eigenvalue weighted by molar-refractivity contribution is -0.380. The number of aliphatic carboxylic acids is 1. The molecule has 1 rings (SSSR count). The summed E-state index contributed by atoms with van der Waals surface area (Å²) in [7, 11) is 0. The summed E-state index contributed by atoms with van der Waals surface area (Å²) in [4.78, 5) is 22.5. The van der Waals surface area contributed by atoms with Crippen molar-refractivity contribution in [3.05, 3.63) is 27.1 Å². The minimum absolute atomic E-state index is 0.0834. The average Bonchev–Trinajstić information content (AvgIpc) is 2.72. The first-order valence-electron chi connectivity index (χ1n) is 5.19. The molecule has 0 aliphatic rings. The first-order chi connectivity index (χ1) is 8.02. The van der Waals surface area contributed by atoms with Crippen molar-refractivity contribution in [2.24, 2.45) is 0 Å². The van der Waals surface area contributed by atoms with Gasteiger partial charge in [0, 0.05) is 24.5 Å². The molecule has 6 nitrogen and oxygen atoms in total. The number of carboxylic acid groups (broad SMARTS) is 1. The average molecular weight is 258 g/mol. The van der Waals surface area contributed by atoms with Gasteiger partial charge in [0.15, 0.2) is 0 Å². The first-order valence-corrected chi connectivity index (χ1v) is 6.06. The molecule has 0 fully saturated rings. The molecule has 1 N–H and O–H groups in total. The van der Waals surface area contributed by atoms with Gasteiger partial charge in [-0.1, -0.05) is 18.3 Å². The number of hydrogen-bond donors (Lipinski definition) is 1.